The number of nitrogens with zero attached hydrogens (tertiary/aromatic N) is 1. The number of ketones is 1. The van der Waals surface area contributed by atoms with Crippen LogP contribution >= 0.6 is 0 Å². The molecule has 0 bridgehead atoms. The summed E-state index contributed by atoms with van der Waals surface area (Å²) in [5, 5.41) is 1.71. The van der Waals surface area contributed by atoms with E-state index in [-0.39, 0.29) is 12.4 Å². The van der Waals surface area contributed by atoms with E-state index in [4.69, 9.17) is 4.74 Å². The Labute approximate surface area is 129 Å². The van der Waals surface area contributed by atoms with Crippen LogP contribution in [0.15, 0.2) is 41.3 Å². The summed E-state index contributed by atoms with van der Waals surface area (Å²) < 4.78 is 32.0. The van der Waals surface area contributed by atoms with Gasteiger partial charge in [-0.05, 0) is 30.9 Å². The van der Waals surface area contributed by atoms with Crippen molar-refractivity contribution in [2.24, 2.45) is 0 Å². The van der Waals surface area contributed by atoms with Gasteiger partial charge in [0, 0.05) is 18.5 Å². The Kier molecular flexibility index (Phi) is 3.88. The number of sulfonamides is 1. The lowest BCUT2D eigenvalue weighted by Crippen LogP contribution is -2.29. The molecule has 0 saturated carbocycles. The minimum Gasteiger partial charge on any atom is -0.374 e. The fourth-order valence-electron chi connectivity index (χ4n) is 2.73. The summed E-state index contributed by atoms with van der Waals surface area (Å²) in [6, 6.07) is 10.9. The van der Waals surface area contributed by atoms with Crippen molar-refractivity contribution in [1.29, 1.82) is 0 Å². The van der Waals surface area contributed by atoms with Crippen LogP contribution in [-0.4, -0.2) is 34.0 Å². The monoisotopic (exact) mass is 319 g/mol. The predicted octanol–water partition coefficient (Wildman–Crippen LogP) is 2.34. The van der Waals surface area contributed by atoms with Crippen molar-refractivity contribution in [2.45, 2.75) is 18.2 Å². The lowest BCUT2D eigenvalue weighted by atomic mass is 10.1. The fourth-order valence-corrected chi connectivity index (χ4v) is 4.47. The molecule has 3 rings (SSSR count). The van der Waals surface area contributed by atoms with E-state index in [0.29, 0.717) is 24.5 Å². The zero-order valence-corrected chi connectivity index (χ0v) is 13.1. The summed E-state index contributed by atoms with van der Waals surface area (Å²) in [7, 11) is -3.49. The van der Waals surface area contributed by atoms with Crippen LogP contribution in [0.5, 0.6) is 0 Å². The van der Waals surface area contributed by atoms with Gasteiger partial charge in [0.2, 0.25) is 0 Å². The molecule has 6 heteroatoms. The van der Waals surface area contributed by atoms with E-state index in [1.165, 1.54) is 11.2 Å². The number of ether oxygens (including phenoxy) is 1. The van der Waals surface area contributed by atoms with Gasteiger partial charge in [0.05, 0.1) is 10.6 Å². The Balaban J connectivity index is 1.82. The third kappa shape index (κ3) is 2.48. The number of anilines is 1. The van der Waals surface area contributed by atoms with Crippen LogP contribution in [0, 0.1) is 0 Å². The summed E-state index contributed by atoms with van der Waals surface area (Å²) >= 11 is 0. The summed E-state index contributed by atoms with van der Waals surface area (Å²) in [6.07, 6.45) is 0.539. The molecule has 116 valence electrons. The average Bonchev–Trinajstić information content (AvgIpc) is 2.70. The van der Waals surface area contributed by atoms with Gasteiger partial charge in [0.15, 0.2) is 5.78 Å². The minimum absolute atomic E-state index is 0.0361. The number of benzene rings is 2. The third-order valence-electron chi connectivity index (χ3n) is 3.64. The number of Topliss-reactive ketones (excluding diaryl/α,β-unsaturated/α-hetero) is 1. The second-order valence-electron chi connectivity index (χ2n) is 5.32. The Morgan fingerprint density at radius 2 is 1.91 bits per heavy atom. The number of rotatable bonds is 6. The molecule has 0 spiro atoms. The molecule has 0 aliphatic carbocycles. The van der Waals surface area contributed by atoms with Crippen LogP contribution in [0.2, 0.25) is 0 Å². The van der Waals surface area contributed by atoms with Crippen LogP contribution in [0.4, 0.5) is 5.69 Å². The zero-order valence-electron chi connectivity index (χ0n) is 12.3. The highest BCUT2D eigenvalue weighted by Gasteiger charge is 2.34. The van der Waals surface area contributed by atoms with Crippen molar-refractivity contribution in [1.82, 2.24) is 0 Å². The summed E-state index contributed by atoms with van der Waals surface area (Å²) in [4.78, 5) is 11.2. The van der Waals surface area contributed by atoms with E-state index in [1.807, 2.05) is 24.3 Å². The van der Waals surface area contributed by atoms with Crippen LogP contribution in [-0.2, 0) is 19.6 Å². The molecule has 0 saturated heterocycles. The molecule has 22 heavy (non-hydrogen) atoms. The Bertz CT molecular complexity index is 824. The van der Waals surface area contributed by atoms with Crippen LogP contribution in [0.3, 0.4) is 0 Å². The first-order chi connectivity index (χ1) is 10.5. The lowest BCUT2D eigenvalue weighted by molar-refractivity contribution is -0.121. The van der Waals surface area contributed by atoms with Gasteiger partial charge in [-0.15, -0.1) is 0 Å². The van der Waals surface area contributed by atoms with Crippen LogP contribution < -0.4 is 4.31 Å². The smallest absolute Gasteiger partial charge is 0.265 e. The Hall–Kier alpha value is -1.92. The van der Waals surface area contributed by atoms with Crippen molar-refractivity contribution in [3.63, 3.8) is 0 Å². The van der Waals surface area contributed by atoms with Gasteiger partial charge in [-0.3, -0.25) is 9.10 Å². The van der Waals surface area contributed by atoms with Gasteiger partial charge in [0.1, 0.15) is 6.61 Å². The van der Waals surface area contributed by atoms with Crippen molar-refractivity contribution in [2.75, 3.05) is 24.1 Å². The molecule has 1 aliphatic heterocycles. The Morgan fingerprint density at radius 3 is 2.64 bits per heavy atom. The first-order valence-corrected chi connectivity index (χ1v) is 8.57. The predicted molar refractivity (Wildman–Crippen MR) is 84.6 cm³/mol. The molecule has 0 fully saturated rings. The third-order valence-corrected chi connectivity index (χ3v) is 5.49. The number of carbonyl (C=O) groups excluding carboxylic acids is 1. The zero-order chi connectivity index (χ0) is 15.7. The number of hydrogen-bond donors (Lipinski definition) is 0. The molecule has 1 aliphatic rings. The van der Waals surface area contributed by atoms with E-state index < -0.39 is 10.0 Å². The summed E-state index contributed by atoms with van der Waals surface area (Å²) in [6.45, 7) is 2.23. The number of carbonyl (C=O) groups is 1. The maximum Gasteiger partial charge on any atom is 0.265 e. The lowest BCUT2D eigenvalue weighted by Gasteiger charge is -2.18. The quantitative estimate of drug-likeness (QED) is 0.767. The molecule has 0 N–H and O–H groups in total. The van der Waals surface area contributed by atoms with E-state index in [0.717, 1.165) is 16.5 Å². The largest absolute Gasteiger partial charge is 0.374 e. The van der Waals surface area contributed by atoms with Gasteiger partial charge < -0.3 is 4.74 Å². The normalized spacial score (nSPS) is 15.4. The highest BCUT2D eigenvalue weighted by molar-refractivity contribution is 7.93. The molecule has 2 aromatic rings. The molecule has 5 nitrogen and oxygen atoms in total. The first-order valence-electron chi connectivity index (χ1n) is 7.13. The van der Waals surface area contributed by atoms with Crippen molar-refractivity contribution in [3.8, 4) is 0 Å². The minimum atomic E-state index is -3.49. The second kappa shape index (κ2) is 5.70. The van der Waals surface area contributed by atoms with Crippen LogP contribution in [0.1, 0.15) is 13.3 Å². The van der Waals surface area contributed by atoms with Crippen molar-refractivity contribution in [3.05, 3.63) is 36.4 Å². The van der Waals surface area contributed by atoms with E-state index >= 15 is 0 Å². The molecule has 1 heterocycles. The fraction of sp³-hybridized carbons (Fsp3) is 0.312. The first kappa shape index (κ1) is 15.0. The summed E-state index contributed by atoms with van der Waals surface area (Å²) in [5.41, 5.74) is 0.722. The highest BCUT2D eigenvalue weighted by atomic mass is 32.2. The molecule has 0 aromatic heterocycles. The standard InChI is InChI=1S/C16H17NO4S/c1-12(18)11-21-10-4-9-17-14-7-2-5-13-6-3-8-15(16(13)14)22(17,19)20/h2-3,5-8H,4,9-11H2,1H3. The van der Waals surface area contributed by atoms with Crippen molar-refractivity contribution >= 4 is 32.3 Å². The SMILES string of the molecule is CC(=O)COCCCN1c2cccc3cccc(c23)S1(=O)=O. The second-order valence-corrected chi connectivity index (χ2v) is 7.15. The average molecular weight is 319 g/mol. The number of hydrogen-bond acceptors (Lipinski definition) is 4. The molecule has 0 unspecified atom stereocenters. The maximum absolute atomic E-state index is 12.7. The maximum atomic E-state index is 12.7. The van der Waals surface area contributed by atoms with Gasteiger partial charge in [-0.1, -0.05) is 24.3 Å². The highest BCUT2D eigenvalue weighted by Crippen LogP contribution is 2.41. The van der Waals surface area contributed by atoms with Gasteiger partial charge in [0.25, 0.3) is 10.0 Å². The molecular weight excluding hydrogens is 302 g/mol. The molecule has 2 aromatic carbocycles. The summed E-state index contributed by atoms with van der Waals surface area (Å²) in [5.74, 6) is -0.0361. The van der Waals surface area contributed by atoms with Crippen LogP contribution in [0.25, 0.3) is 10.8 Å². The molecule has 0 atom stereocenters. The van der Waals surface area contributed by atoms with E-state index in [9.17, 15) is 13.2 Å². The topological polar surface area (TPSA) is 63.7 Å². The van der Waals surface area contributed by atoms with Gasteiger partial charge in [-0.2, -0.15) is 0 Å². The van der Waals surface area contributed by atoms with Crippen molar-refractivity contribution < 1.29 is 17.9 Å². The van der Waals surface area contributed by atoms with Gasteiger partial charge in [-0.25, -0.2) is 8.42 Å². The molecule has 0 amide bonds. The van der Waals surface area contributed by atoms with E-state index in [1.54, 1.807) is 12.1 Å². The van der Waals surface area contributed by atoms with Gasteiger partial charge >= 0.3 is 0 Å². The molecule has 0 radical (unpaired) electrons. The Morgan fingerprint density at radius 1 is 1.18 bits per heavy atom. The molecular formula is C16H17NO4S. The van der Waals surface area contributed by atoms with E-state index in [2.05, 4.69) is 0 Å².